The summed E-state index contributed by atoms with van der Waals surface area (Å²) in [5, 5.41) is 3.37. The van der Waals surface area contributed by atoms with Crippen molar-refractivity contribution in [3.8, 4) is 0 Å². The Morgan fingerprint density at radius 2 is 1.62 bits per heavy atom. The lowest BCUT2D eigenvalue weighted by Crippen LogP contribution is -2.53. The smallest absolute Gasteiger partial charge is 0.269 e. The fraction of sp³-hybridized carbons (Fsp3) is 0.276. The highest BCUT2D eigenvalue weighted by atomic mass is 35.5. The minimum absolute atomic E-state index is 0.0129. The fourth-order valence-electron chi connectivity index (χ4n) is 4.41. The SMILES string of the molecule is CC(C)CNC(=O)C(Cc1ccccc1)N(Cc1cccc(Cl)c1)C(=O)CN1C(=O)c2ccccc2S1(=O)=O. The second-order valence-corrected chi connectivity index (χ2v) is 12.1. The molecule has 8 nitrogen and oxygen atoms in total. The second kappa shape index (κ2) is 12.0. The molecule has 1 aliphatic rings. The Kier molecular flexibility index (Phi) is 8.72. The van der Waals surface area contributed by atoms with Gasteiger partial charge in [-0.3, -0.25) is 14.4 Å². The largest absolute Gasteiger partial charge is 0.354 e. The van der Waals surface area contributed by atoms with Crippen LogP contribution in [0.4, 0.5) is 0 Å². The molecule has 1 N–H and O–H groups in total. The number of halogens is 1. The molecule has 0 fully saturated rings. The maximum Gasteiger partial charge on any atom is 0.269 e. The third-order valence-electron chi connectivity index (χ3n) is 6.39. The summed E-state index contributed by atoms with van der Waals surface area (Å²) in [4.78, 5) is 41.7. The molecular formula is C29H30ClN3O5S. The molecule has 39 heavy (non-hydrogen) atoms. The van der Waals surface area contributed by atoms with Crippen molar-refractivity contribution in [2.24, 2.45) is 5.92 Å². The average Bonchev–Trinajstić information content (AvgIpc) is 3.10. The molecule has 3 amide bonds. The molecule has 3 aromatic carbocycles. The lowest BCUT2D eigenvalue weighted by molar-refractivity contribution is -0.141. The summed E-state index contributed by atoms with van der Waals surface area (Å²) < 4.78 is 26.9. The van der Waals surface area contributed by atoms with Gasteiger partial charge in [0, 0.05) is 24.5 Å². The predicted octanol–water partition coefficient (Wildman–Crippen LogP) is 3.90. The highest BCUT2D eigenvalue weighted by Crippen LogP contribution is 2.30. The van der Waals surface area contributed by atoms with E-state index in [4.69, 9.17) is 11.6 Å². The van der Waals surface area contributed by atoms with Crippen LogP contribution in [0.2, 0.25) is 5.02 Å². The monoisotopic (exact) mass is 567 g/mol. The Balaban J connectivity index is 1.71. The van der Waals surface area contributed by atoms with Crippen LogP contribution in [0.25, 0.3) is 0 Å². The Hall–Kier alpha value is -3.69. The molecule has 1 atom stereocenters. The minimum Gasteiger partial charge on any atom is -0.354 e. The number of nitrogens with one attached hydrogen (secondary N) is 1. The van der Waals surface area contributed by atoms with E-state index >= 15 is 0 Å². The molecule has 0 saturated carbocycles. The molecule has 0 radical (unpaired) electrons. The van der Waals surface area contributed by atoms with Crippen LogP contribution in [-0.4, -0.2) is 54.5 Å². The van der Waals surface area contributed by atoms with E-state index in [1.807, 2.05) is 44.2 Å². The number of rotatable bonds is 10. The van der Waals surface area contributed by atoms with Crippen molar-refractivity contribution in [3.63, 3.8) is 0 Å². The Labute approximate surface area is 233 Å². The molecular weight excluding hydrogens is 538 g/mol. The molecule has 0 saturated heterocycles. The molecule has 0 bridgehead atoms. The van der Waals surface area contributed by atoms with Crippen molar-refractivity contribution in [2.75, 3.05) is 13.1 Å². The van der Waals surface area contributed by atoms with Gasteiger partial charge >= 0.3 is 0 Å². The maximum absolute atomic E-state index is 13.9. The predicted molar refractivity (Wildman–Crippen MR) is 148 cm³/mol. The van der Waals surface area contributed by atoms with Crippen molar-refractivity contribution >= 4 is 39.3 Å². The van der Waals surface area contributed by atoms with E-state index in [-0.39, 0.29) is 35.2 Å². The third kappa shape index (κ3) is 6.49. The van der Waals surface area contributed by atoms with Gasteiger partial charge in [0.05, 0.1) is 5.56 Å². The van der Waals surface area contributed by atoms with Crippen LogP contribution in [0.1, 0.15) is 35.3 Å². The average molecular weight is 568 g/mol. The van der Waals surface area contributed by atoms with Gasteiger partial charge in [-0.05, 0) is 41.3 Å². The van der Waals surface area contributed by atoms with Crippen molar-refractivity contribution in [1.82, 2.24) is 14.5 Å². The summed E-state index contributed by atoms with van der Waals surface area (Å²) >= 11 is 6.19. The van der Waals surface area contributed by atoms with E-state index in [0.29, 0.717) is 21.4 Å². The van der Waals surface area contributed by atoms with Gasteiger partial charge in [0.15, 0.2) is 0 Å². The molecule has 1 unspecified atom stereocenters. The minimum atomic E-state index is -4.22. The molecule has 0 aromatic heterocycles. The lowest BCUT2D eigenvalue weighted by atomic mass is 10.0. The summed E-state index contributed by atoms with van der Waals surface area (Å²) in [5.41, 5.74) is 1.50. The van der Waals surface area contributed by atoms with E-state index in [9.17, 15) is 22.8 Å². The number of carbonyl (C=O) groups excluding carboxylic acids is 3. The summed E-state index contributed by atoms with van der Waals surface area (Å²) in [6, 6.07) is 21.0. The Morgan fingerprint density at radius 1 is 0.949 bits per heavy atom. The summed E-state index contributed by atoms with van der Waals surface area (Å²) in [5.74, 6) is -1.65. The van der Waals surface area contributed by atoms with Crippen LogP contribution in [0.3, 0.4) is 0 Å². The normalized spacial score (nSPS) is 14.7. The van der Waals surface area contributed by atoms with Gasteiger partial charge in [-0.25, -0.2) is 12.7 Å². The first-order chi connectivity index (χ1) is 18.6. The number of nitrogens with zero attached hydrogens (tertiary/aromatic N) is 2. The first-order valence-electron chi connectivity index (χ1n) is 12.6. The molecule has 0 spiro atoms. The topological polar surface area (TPSA) is 104 Å². The summed E-state index contributed by atoms with van der Waals surface area (Å²) in [6.45, 7) is 3.57. The van der Waals surface area contributed by atoms with Crippen molar-refractivity contribution in [2.45, 2.75) is 37.8 Å². The zero-order valence-electron chi connectivity index (χ0n) is 21.7. The van der Waals surface area contributed by atoms with Crippen LogP contribution >= 0.6 is 11.6 Å². The van der Waals surface area contributed by atoms with Gasteiger partial charge in [0.2, 0.25) is 11.8 Å². The lowest BCUT2D eigenvalue weighted by Gasteiger charge is -2.32. The van der Waals surface area contributed by atoms with Crippen molar-refractivity contribution in [3.05, 3.63) is 101 Å². The van der Waals surface area contributed by atoms with Crippen molar-refractivity contribution < 1.29 is 22.8 Å². The molecule has 4 rings (SSSR count). The van der Waals surface area contributed by atoms with E-state index in [1.54, 1.807) is 30.3 Å². The van der Waals surface area contributed by atoms with Crippen LogP contribution in [-0.2, 0) is 32.6 Å². The van der Waals surface area contributed by atoms with Crippen LogP contribution in [0.15, 0.2) is 83.8 Å². The molecule has 1 heterocycles. The van der Waals surface area contributed by atoms with Gasteiger partial charge < -0.3 is 10.2 Å². The highest BCUT2D eigenvalue weighted by molar-refractivity contribution is 7.90. The van der Waals surface area contributed by atoms with Crippen molar-refractivity contribution in [1.29, 1.82) is 0 Å². The van der Waals surface area contributed by atoms with Crippen LogP contribution in [0.5, 0.6) is 0 Å². The van der Waals surface area contributed by atoms with E-state index in [0.717, 1.165) is 5.56 Å². The molecule has 1 aliphatic heterocycles. The van der Waals surface area contributed by atoms with Crippen LogP contribution < -0.4 is 5.32 Å². The van der Waals surface area contributed by atoms with Gasteiger partial charge in [-0.15, -0.1) is 0 Å². The second-order valence-electron chi connectivity index (χ2n) is 9.81. The Morgan fingerprint density at radius 3 is 2.28 bits per heavy atom. The number of fused-ring (bicyclic) bond motifs is 1. The van der Waals surface area contributed by atoms with Gasteiger partial charge in [-0.2, -0.15) is 0 Å². The molecule has 3 aromatic rings. The van der Waals surface area contributed by atoms with E-state index in [1.165, 1.54) is 23.1 Å². The first kappa shape index (κ1) is 28.3. The van der Waals surface area contributed by atoms with E-state index < -0.39 is 34.4 Å². The first-order valence-corrected chi connectivity index (χ1v) is 14.4. The molecule has 0 aliphatic carbocycles. The maximum atomic E-state index is 13.9. The fourth-order valence-corrected chi connectivity index (χ4v) is 6.14. The number of sulfonamides is 1. The van der Waals surface area contributed by atoms with Gasteiger partial charge in [-0.1, -0.05) is 80.0 Å². The number of hydrogen-bond acceptors (Lipinski definition) is 5. The molecule has 204 valence electrons. The summed E-state index contributed by atoms with van der Waals surface area (Å²) in [7, 11) is -4.22. The quantitative estimate of drug-likeness (QED) is 0.400. The van der Waals surface area contributed by atoms with Gasteiger partial charge in [0.25, 0.3) is 15.9 Å². The zero-order valence-corrected chi connectivity index (χ0v) is 23.3. The third-order valence-corrected chi connectivity index (χ3v) is 8.41. The number of amides is 3. The molecule has 10 heteroatoms. The number of benzene rings is 3. The zero-order chi connectivity index (χ0) is 28.2. The number of hydrogen-bond donors (Lipinski definition) is 1. The highest BCUT2D eigenvalue weighted by Gasteiger charge is 2.43. The van der Waals surface area contributed by atoms with E-state index in [2.05, 4.69) is 5.32 Å². The summed E-state index contributed by atoms with van der Waals surface area (Å²) in [6.07, 6.45) is 0.192. The number of carbonyl (C=O) groups is 3. The van der Waals surface area contributed by atoms with Gasteiger partial charge in [0.1, 0.15) is 17.5 Å². The standard InChI is InChI=1S/C29H30ClN3O5S/c1-20(2)17-31-28(35)25(16-21-9-4-3-5-10-21)32(18-22-11-8-12-23(30)15-22)27(34)19-33-29(36)24-13-6-7-14-26(24)39(33,37)38/h3-15,20,25H,16-19H2,1-2H3,(H,31,35). The Bertz CT molecular complexity index is 1480. The van der Waals surface area contributed by atoms with Crippen LogP contribution in [0, 0.1) is 5.92 Å².